The first-order chi connectivity index (χ1) is 12.6. The summed E-state index contributed by atoms with van der Waals surface area (Å²) >= 11 is 0. The molecule has 6 N–H and O–H groups in total. The molecule has 10 atom stereocenters. The van der Waals surface area contributed by atoms with Gasteiger partial charge in [0.2, 0.25) is 0 Å². The minimum absolute atomic E-state index is 0. The fourth-order valence-corrected chi connectivity index (χ4v) is 2.95. The molecule has 0 radical (unpaired) electrons. The third kappa shape index (κ3) is 5.00. The molecule has 0 amide bonds. The van der Waals surface area contributed by atoms with Crippen molar-refractivity contribution >= 4 is 11.9 Å². The van der Waals surface area contributed by atoms with Crippen LogP contribution in [0, 0.1) is 0 Å². The van der Waals surface area contributed by atoms with Crippen molar-refractivity contribution in [2.75, 3.05) is 14.2 Å². The summed E-state index contributed by atoms with van der Waals surface area (Å²) in [6, 6.07) is 0. The monoisotopic (exact) mass is 421 g/mol. The van der Waals surface area contributed by atoms with Crippen LogP contribution < -0.4 is 29.6 Å². The SMILES string of the molecule is COC1OC(C(=O)O)C(OC2OC(C(=O)O)C(OC)C(O)C2O)C(O)C1O.[Na+]. The number of hydrogen-bond donors (Lipinski definition) is 6. The number of aliphatic hydroxyl groups excluding tert-OH is 4. The minimum Gasteiger partial charge on any atom is -0.479 e. The van der Waals surface area contributed by atoms with Gasteiger partial charge in [-0.2, -0.15) is 0 Å². The molecule has 0 bridgehead atoms. The second kappa shape index (κ2) is 10.6. The van der Waals surface area contributed by atoms with Gasteiger partial charge >= 0.3 is 41.5 Å². The first kappa shape index (κ1) is 25.6. The Kier molecular flexibility index (Phi) is 9.66. The Morgan fingerprint density at radius 2 is 1.14 bits per heavy atom. The molecule has 2 saturated heterocycles. The van der Waals surface area contributed by atoms with E-state index < -0.39 is 73.4 Å². The van der Waals surface area contributed by atoms with Crippen molar-refractivity contribution in [3.63, 3.8) is 0 Å². The van der Waals surface area contributed by atoms with Crippen LogP contribution in [0.4, 0.5) is 0 Å². The molecule has 13 nitrogen and oxygen atoms in total. The first-order valence-corrected chi connectivity index (χ1v) is 7.83. The zero-order chi connectivity index (χ0) is 20.5. The van der Waals surface area contributed by atoms with Gasteiger partial charge in [-0.3, -0.25) is 0 Å². The molecule has 0 saturated carbocycles. The molecule has 0 aromatic carbocycles. The molecule has 2 rings (SSSR count). The van der Waals surface area contributed by atoms with Gasteiger partial charge in [0.15, 0.2) is 24.8 Å². The Bertz CT molecular complexity index is 547. The predicted octanol–water partition coefficient (Wildman–Crippen LogP) is -6.90. The van der Waals surface area contributed by atoms with E-state index in [1.807, 2.05) is 0 Å². The fraction of sp³-hybridized carbons (Fsp3) is 0.857. The van der Waals surface area contributed by atoms with Crippen LogP contribution >= 0.6 is 0 Å². The van der Waals surface area contributed by atoms with Crippen LogP contribution in [0.5, 0.6) is 0 Å². The standard InChI is InChI=1S/C14H22O13.Na/c1-23-7-3(15)6(18)14(27-9(7)11(19)20)25-8-4(16)5(17)13(24-2)26-10(8)12(21)22;/h3-10,13-18H,1-2H3,(H,19,20)(H,21,22);/q;+1. The molecule has 156 valence electrons. The summed E-state index contributed by atoms with van der Waals surface area (Å²) in [5.74, 6) is -3.11. The van der Waals surface area contributed by atoms with Gasteiger partial charge in [-0.25, -0.2) is 9.59 Å². The Labute approximate surface area is 181 Å². The third-order valence-corrected chi connectivity index (χ3v) is 4.37. The Morgan fingerprint density at radius 1 is 0.714 bits per heavy atom. The van der Waals surface area contributed by atoms with Crippen molar-refractivity contribution in [2.45, 2.75) is 61.4 Å². The molecule has 2 aliphatic rings. The van der Waals surface area contributed by atoms with E-state index in [0.717, 1.165) is 14.2 Å². The van der Waals surface area contributed by atoms with Gasteiger partial charge in [0.25, 0.3) is 0 Å². The molecular formula is C14H22NaO13+. The topological polar surface area (TPSA) is 202 Å². The number of aliphatic carboxylic acids is 2. The molecule has 0 aromatic heterocycles. The molecule has 0 aromatic rings. The van der Waals surface area contributed by atoms with E-state index >= 15 is 0 Å². The molecule has 28 heavy (non-hydrogen) atoms. The van der Waals surface area contributed by atoms with E-state index in [0.29, 0.717) is 0 Å². The Balaban J connectivity index is 0.00000392. The van der Waals surface area contributed by atoms with Crippen LogP contribution in [0.25, 0.3) is 0 Å². The zero-order valence-corrected chi connectivity index (χ0v) is 17.3. The van der Waals surface area contributed by atoms with Crippen molar-refractivity contribution in [1.29, 1.82) is 0 Å². The zero-order valence-electron chi connectivity index (χ0n) is 15.3. The third-order valence-electron chi connectivity index (χ3n) is 4.37. The molecule has 2 fully saturated rings. The molecule has 14 heteroatoms. The maximum atomic E-state index is 11.4. The van der Waals surface area contributed by atoms with E-state index in [2.05, 4.69) is 0 Å². The maximum Gasteiger partial charge on any atom is 1.00 e. The summed E-state index contributed by atoms with van der Waals surface area (Å²) in [5, 5.41) is 58.7. The van der Waals surface area contributed by atoms with Gasteiger partial charge in [0, 0.05) is 14.2 Å². The minimum atomic E-state index is -1.86. The van der Waals surface area contributed by atoms with Gasteiger partial charge in [0.05, 0.1) is 0 Å². The van der Waals surface area contributed by atoms with E-state index in [1.165, 1.54) is 0 Å². The van der Waals surface area contributed by atoms with E-state index in [1.54, 1.807) is 0 Å². The molecule has 10 unspecified atom stereocenters. The predicted molar refractivity (Wildman–Crippen MR) is 79.3 cm³/mol. The number of methoxy groups -OCH3 is 2. The Morgan fingerprint density at radius 3 is 1.61 bits per heavy atom. The van der Waals surface area contributed by atoms with Crippen LogP contribution in [0.2, 0.25) is 0 Å². The molecule has 2 heterocycles. The van der Waals surface area contributed by atoms with Gasteiger partial charge in [-0.05, 0) is 0 Å². The summed E-state index contributed by atoms with van der Waals surface area (Å²) in [5.41, 5.74) is 0. The maximum absolute atomic E-state index is 11.4. The number of aliphatic hydroxyl groups is 4. The first-order valence-electron chi connectivity index (χ1n) is 7.83. The largest absolute Gasteiger partial charge is 1.00 e. The molecule has 0 spiro atoms. The van der Waals surface area contributed by atoms with Crippen LogP contribution in [-0.2, 0) is 33.3 Å². The van der Waals surface area contributed by atoms with E-state index in [4.69, 9.17) is 23.7 Å². The van der Waals surface area contributed by atoms with E-state index in [9.17, 15) is 40.2 Å². The van der Waals surface area contributed by atoms with Crippen molar-refractivity contribution < 1.29 is 93.5 Å². The Hall–Kier alpha value is -0.420. The van der Waals surface area contributed by atoms with Crippen LogP contribution in [0.15, 0.2) is 0 Å². The van der Waals surface area contributed by atoms with Crippen molar-refractivity contribution in [1.82, 2.24) is 0 Å². The van der Waals surface area contributed by atoms with E-state index in [-0.39, 0.29) is 29.6 Å². The van der Waals surface area contributed by atoms with Crippen LogP contribution in [0.1, 0.15) is 0 Å². The summed E-state index contributed by atoms with van der Waals surface area (Å²) in [6.45, 7) is 0. The quantitative estimate of drug-likeness (QED) is 0.221. The summed E-state index contributed by atoms with van der Waals surface area (Å²) in [6.07, 6.45) is -17.3. The number of rotatable bonds is 6. The summed E-state index contributed by atoms with van der Waals surface area (Å²) in [7, 11) is 2.22. The summed E-state index contributed by atoms with van der Waals surface area (Å²) in [4.78, 5) is 22.7. The van der Waals surface area contributed by atoms with Gasteiger partial charge in [-0.15, -0.1) is 0 Å². The van der Waals surface area contributed by atoms with Crippen LogP contribution in [0.3, 0.4) is 0 Å². The second-order valence-corrected chi connectivity index (χ2v) is 6.03. The second-order valence-electron chi connectivity index (χ2n) is 6.03. The van der Waals surface area contributed by atoms with Gasteiger partial charge in [0.1, 0.15) is 36.6 Å². The number of carboxylic acid groups (broad SMARTS) is 2. The van der Waals surface area contributed by atoms with Gasteiger partial charge in [-0.1, -0.05) is 0 Å². The van der Waals surface area contributed by atoms with Crippen molar-refractivity contribution in [2.24, 2.45) is 0 Å². The average molecular weight is 421 g/mol. The molecule has 0 aliphatic carbocycles. The molecule has 2 aliphatic heterocycles. The number of hydrogen-bond acceptors (Lipinski definition) is 11. The number of carbonyl (C=O) groups is 2. The summed E-state index contributed by atoms with van der Waals surface area (Å²) < 4.78 is 24.9. The normalized spacial score (nSPS) is 43.8. The number of ether oxygens (including phenoxy) is 5. The van der Waals surface area contributed by atoms with Crippen molar-refractivity contribution in [3.8, 4) is 0 Å². The number of carboxylic acids is 2. The van der Waals surface area contributed by atoms with Crippen LogP contribution in [-0.4, -0.2) is 118 Å². The smallest absolute Gasteiger partial charge is 0.479 e. The average Bonchev–Trinajstić information content (AvgIpc) is 2.62. The van der Waals surface area contributed by atoms with Crippen molar-refractivity contribution in [3.05, 3.63) is 0 Å². The molecular weight excluding hydrogens is 399 g/mol. The van der Waals surface area contributed by atoms with Gasteiger partial charge < -0.3 is 54.3 Å². The fourth-order valence-electron chi connectivity index (χ4n) is 2.95.